The molecule has 0 bridgehead atoms. The number of phenols is 1. The second-order valence-corrected chi connectivity index (χ2v) is 8.09. The van der Waals surface area contributed by atoms with Crippen molar-refractivity contribution in [3.8, 4) is 11.4 Å². The van der Waals surface area contributed by atoms with Gasteiger partial charge in [-0.3, -0.25) is 9.36 Å². The van der Waals surface area contributed by atoms with Gasteiger partial charge in [0.15, 0.2) is 4.77 Å². The molecule has 124 valence electrons. The Balaban J connectivity index is 2.02. The van der Waals surface area contributed by atoms with Crippen molar-refractivity contribution in [1.29, 1.82) is 0 Å². The first-order valence-electron chi connectivity index (χ1n) is 8.05. The molecule has 0 amide bonds. The third-order valence-electron chi connectivity index (χ3n) is 4.79. The fraction of sp³-hybridized carbons (Fsp3) is 0.333. The lowest BCUT2D eigenvalue weighted by Gasteiger charge is -2.17. The van der Waals surface area contributed by atoms with Gasteiger partial charge in [-0.1, -0.05) is 6.92 Å². The summed E-state index contributed by atoms with van der Waals surface area (Å²) < 4.78 is 1.93. The normalized spacial score (nSPS) is 17.2. The smallest absolute Gasteiger partial charge is 0.267 e. The molecule has 2 aromatic heterocycles. The van der Waals surface area contributed by atoms with Gasteiger partial charge in [-0.15, -0.1) is 11.3 Å². The van der Waals surface area contributed by atoms with Crippen LogP contribution in [0.2, 0.25) is 0 Å². The van der Waals surface area contributed by atoms with Gasteiger partial charge < -0.3 is 10.1 Å². The highest BCUT2D eigenvalue weighted by Gasteiger charge is 2.23. The Bertz CT molecular complexity index is 1080. The number of nitrogens with zero attached hydrogens (tertiary/aromatic N) is 1. The van der Waals surface area contributed by atoms with Crippen molar-refractivity contribution in [2.75, 3.05) is 0 Å². The van der Waals surface area contributed by atoms with Gasteiger partial charge in [-0.05, 0) is 73.6 Å². The Morgan fingerprint density at radius 2 is 2.21 bits per heavy atom. The number of aromatic nitrogens is 2. The number of nitrogens with one attached hydrogen (secondary N) is 1. The van der Waals surface area contributed by atoms with Gasteiger partial charge in [0, 0.05) is 4.88 Å². The van der Waals surface area contributed by atoms with Gasteiger partial charge in [-0.2, -0.15) is 0 Å². The van der Waals surface area contributed by atoms with E-state index in [9.17, 15) is 9.90 Å². The van der Waals surface area contributed by atoms with Crippen molar-refractivity contribution in [1.82, 2.24) is 9.55 Å². The first kappa shape index (κ1) is 15.6. The summed E-state index contributed by atoms with van der Waals surface area (Å²) in [6.07, 6.45) is 3.10. The molecule has 4 rings (SSSR count). The first-order valence-corrected chi connectivity index (χ1v) is 9.27. The molecule has 1 aliphatic rings. The average Bonchev–Trinajstić information content (AvgIpc) is 2.87. The second-order valence-electron chi connectivity index (χ2n) is 6.60. The van der Waals surface area contributed by atoms with Crippen molar-refractivity contribution in [2.24, 2.45) is 5.92 Å². The van der Waals surface area contributed by atoms with Crippen molar-refractivity contribution < 1.29 is 5.11 Å². The molecule has 4 nitrogen and oxygen atoms in total. The van der Waals surface area contributed by atoms with Gasteiger partial charge in [-0.25, -0.2) is 0 Å². The quantitative estimate of drug-likeness (QED) is 0.640. The molecule has 6 heteroatoms. The fourth-order valence-electron chi connectivity index (χ4n) is 3.44. The lowest BCUT2D eigenvalue weighted by atomic mass is 9.89. The van der Waals surface area contributed by atoms with Crippen molar-refractivity contribution in [3.05, 3.63) is 49.3 Å². The Morgan fingerprint density at radius 1 is 1.42 bits per heavy atom. The van der Waals surface area contributed by atoms with Crippen LogP contribution in [-0.4, -0.2) is 14.7 Å². The number of thiophene rings is 1. The molecule has 0 fully saturated rings. The van der Waals surface area contributed by atoms with Crippen LogP contribution in [-0.2, 0) is 12.8 Å². The number of hydrogen-bond donors (Lipinski definition) is 2. The summed E-state index contributed by atoms with van der Waals surface area (Å²) in [4.78, 5) is 18.6. The molecule has 0 saturated heterocycles. The minimum atomic E-state index is -0.0640. The van der Waals surface area contributed by atoms with E-state index >= 15 is 0 Å². The SMILES string of the molecule is Cc1cc(-n2c(=S)[nH]c3sc4c(c3c2=O)CCC(C)C4)ccc1O. The molecule has 2 N–H and O–H groups in total. The van der Waals surface area contributed by atoms with Gasteiger partial charge >= 0.3 is 0 Å². The number of fused-ring (bicyclic) bond motifs is 3. The summed E-state index contributed by atoms with van der Waals surface area (Å²) >= 11 is 7.11. The zero-order valence-corrected chi connectivity index (χ0v) is 15.2. The number of H-pyrrole nitrogens is 1. The molecule has 24 heavy (non-hydrogen) atoms. The predicted octanol–water partition coefficient (Wildman–Crippen LogP) is 4.25. The summed E-state index contributed by atoms with van der Waals surface area (Å²) in [7, 11) is 0. The number of aromatic hydroxyl groups is 1. The molecule has 1 aliphatic carbocycles. The Kier molecular flexibility index (Phi) is 3.62. The molecule has 2 heterocycles. The summed E-state index contributed by atoms with van der Waals surface area (Å²) in [6, 6.07) is 5.11. The lowest BCUT2D eigenvalue weighted by molar-refractivity contribution is 0.471. The van der Waals surface area contributed by atoms with Crippen LogP contribution in [0.3, 0.4) is 0 Å². The number of aryl methyl sites for hydroxylation is 2. The maximum atomic E-state index is 13.2. The van der Waals surface area contributed by atoms with Crippen LogP contribution in [0, 0.1) is 17.6 Å². The van der Waals surface area contributed by atoms with Gasteiger partial charge in [0.25, 0.3) is 5.56 Å². The lowest BCUT2D eigenvalue weighted by Crippen LogP contribution is -2.21. The molecule has 0 aliphatic heterocycles. The van der Waals surface area contributed by atoms with E-state index in [4.69, 9.17) is 12.2 Å². The van der Waals surface area contributed by atoms with E-state index in [1.807, 2.05) is 6.92 Å². The van der Waals surface area contributed by atoms with E-state index in [-0.39, 0.29) is 11.3 Å². The predicted molar refractivity (Wildman–Crippen MR) is 100 cm³/mol. The van der Waals surface area contributed by atoms with E-state index in [1.165, 1.54) is 15.0 Å². The summed E-state index contributed by atoms with van der Waals surface area (Å²) in [5, 5.41) is 10.5. The number of aromatic amines is 1. The van der Waals surface area contributed by atoms with Crippen LogP contribution >= 0.6 is 23.6 Å². The highest BCUT2D eigenvalue weighted by atomic mass is 32.1. The van der Waals surface area contributed by atoms with Gasteiger partial charge in [0.05, 0.1) is 11.1 Å². The van der Waals surface area contributed by atoms with Crippen LogP contribution < -0.4 is 5.56 Å². The molecule has 0 radical (unpaired) electrons. The van der Waals surface area contributed by atoms with Gasteiger partial charge in [0.1, 0.15) is 10.6 Å². The zero-order chi connectivity index (χ0) is 17.0. The number of phenolic OH excluding ortho intramolecular Hbond substituents is 1. The van der Waals surface area contributed by atoms with Crippen LogP contribution in [0.4, 0.5) is 0 Å². The molecular formula is C18H18N2O2S2. The van der Waals surface area contributed by atoms with E-state index in [0.717, 1.165) is 35.0 Å². The molecular weight excluding hydrogens is 340 g/mol. The third-order valence-corrected chi connectivity index (χ3v) is 6.25. The largest absolute Gasteiger partial charge is 0.508 e. The first-order chi connectivity index (χ1) is 11.5. The van der Waals surface area contributed by atoms with Crippen molar-refractivity contribution in [3.63, 3.8) is 0 Å². The number of benzene rings is 1. The standard InChI is InChI=1S/C18H18N2O2S2/c1-9-3-5-12-14(7-9)24-16-15(12)17(22)20(18(23)19-16)11-4-6-13(21)10(2)8-11/h4,6,8-9,21H,3,5,7H2,1-2H3,(H,19,23). The molecule has 1 unspecified atom stereocenters. The highest BCUT2D eigenvalue weighted by Crippen LogP contribution is 2.35. The Labute approximate surface area is 148 Å². The number of rotatable bonds is 1. The topological polar surface area (TPSA) is 58.0 Å². The van der Waals surface area contributed by atoms with Crippen molar-refractivity contribution >= 4 is 33.8 Å². The van der Waals surface area contributed by atoms with E-state index in [0.29, 0.717) is 16.4 Å². The fourth-order valence-corrected chi connectivity index (χ4v) is 5.19. The summed E-state index contributed by atoms with van der Waals surface area (Å²) in [5.41, 5.74) is 2.53. The highest BCUT2D eigenvalue weighted by molar-refractivity contribution is 7.71. The maximum absolute atomic E-state index is 13.2. The van der Waals surface area contributed by atoms with Crippen LogP contribution in [0.1, 0.15) is 29.3 Å². The average molecular weight is 358 g/mol. The van der Waals surface area contributed by atoms with E-state index in [1.54, 1.807) is 29.5 Å². The van der Waals surface area contributed by atoms with Crippen LogP contribution in [0.15, 0.2) is 23.0 Å². The maximum Gasteiger partial charge on any atom is 0.267 e. The number of hydrogen-bond acceptors (Lipinski definition) is 4. The van der Waals surface area contributed by atoms with Crippen molar-refractivity contribution in [2.45, 2.75) is 33.1 Å². The van der Waals surface area contributed by atoms with E-state index in [2.05, 4.69) is 11.9 Å². The van der Waals surface area contributed by atoms with Crippen LogP contribution in [0.5, 0.6) is 5.75 Å². The summed E-state index contributed by atoms with van der Waals surface area (Å²) in [5.74, 6) is 0.875. The molecule has 0 saturated carbocycles. The molecule has 1 aromatic carbocycles. The van der Waals surface area contributed by atoms with Gasteiger partial charge in [0.2, 0.25) is 0 Å². The molecule has 3 aromatic rings. The summed E-state index contributed by atoms with van der Waals surface area (Å²) in [6.45, 7) is 4.07. The third kappa shape index (κ3) is 2.32. The van der Waals surface area contributed by atoms with E-state index < -0.39 is 0 Å². The minimum Gasteiger partial charge on any atom is -0.508 e. The minimum absolute atomic E-state index is 0.0640. The van der Waals surface area contributed by atoms with Crippen LogP contribution in [0.25, 0.3) is 15.9 Å². The monoisotopic (exact) mass is 358 g/mol. The Hall–Kier alpha value is -1.92. The molecule has 1 atom stereocenters. The molecule has 0 spiro atoms. The Morgan fingerprint density at radius 3 is 2.96 bits per heavy atom. The zero-order valence-electron chi connectivity index (χ0n) is 13.5. The second kappa shape index (κ2) is 5.57.